The molecule has 0 aliphatic heterocycles. The number of hydrogen-bond acceptors (Lipinski definition) is 6. The van der Waals surface area contributed by atoms with Gasteiger partial charge in [0, 0.05) is 23.2 Å². The molecule has 1 atom stereocenters. The zero-order valence-electron chi connectivity index (χ0n) is 16.6. The minimum atomic E-state index is -0.889. The lowest BCUT2D eigenvalue weighted by Gasteiger charge is -2.12. The van der Waals surface area contributed by atoms with Gasteiger partial charge in [-0.15, -0.1) is 0 Å². The summed E-state index contributed by atoms with van der Waals surface area (Å²) in [6, 6.07) is 8.18. The van der Waals surface area contributed by atoms with Crippen molar-refractivity contribution in [1.29, 1.82) is 0 Å². The molecule has 2 heterocycles. The third-order valence-electron chi connectivity index (χ3n) is 4.52. The number of nitrogens with zero attached hydrogens (tertiary/aromatic N) is 3. The van der Waals surface area contributed by atoms with Crippen molar-refractivity contribution in [1.82, 2.24) is 20.2 Å². The summed E-state index contributed by atoms with van der Waals surface area (Å²) in [7, 11) is 0. The van der Waals surface area contributed by atoms with E-state index < -0.39 is 17.7 Å². The monoisotopic (exact) mass is 445 g/mol. The van der Waals surface area contributed by atoms with Gasteiger partial charge in [0.2, 0.25) is 0 Å². The van der Waals surface area contributed by atoms with Crippen molar-refractivity contribution in [2.45, 2.75) is 20.0 Å². The largest absolute Gasteiger partial charge is 0.421 e. The fourth-order valence-electron chi connectivity index (χ4n) is 3.04. The van der Waals surface area contributed by atoms with Crippen LogP contribution in [0.25, 0.3) is 22.3 Å². The highest BCUT2D eigenvalue weighted by molar-refractivity contribution is 6.31. The first kappa shape index (κ1) is 21.0. The van der Waals surface area contributed by atoms with Gasteiger partial charge in [0.25, 0.3) is 0 Å². The van der Waals surface area contributed by atoms with Crippen molar-refractivity contribution >= 4 is 28.5 Å². The van der Waals surface area contributed by atoms with E-state index >= 15 is 0 Å². The maximum Gasteiger partial charge on any atom is 0.326 e. The Morgan fingerprint density at radius 1 is 1.19 bits per heavy atom. The van der Waals surface area contributed by atoms with Crippen molar-refractivity contribution in [3.8, 4) is 23.0 Å². The molecule has 0 radical (unpaired) electrons. The molecule has 0 saturated carbocycles. The van der Waals surface area contributed by atoms with Crippen LogP contribution in [0.1, 0.15) is 12.5 Å². The molecule has 4 rings (SSSR count). The van der Waals surface area contributed by atoms with Crippen molar-refractivity contribution in [2.24, 2.45) is 0 Å². The van der Waals surface area contributed by atoms with Gasteiger partial charge >= 0.3 is 6.01 Å². The number of H-pyrrole nitrogens is 1. The van der Waals surface area contributed by atoms with E-state index in [1.165, 1.54) is 0 Å². The summed E-state index contributed by atoms with van der Waals surface area (Å²) < 4.78 is 32.6. The van der Waals surface area contributed by atoms with Crippen molar-refractivity contribution in [2.75, 3.05) is 11.9 Å². The Morgan fingerprint density at radius 3 is 2.74 bits per heavy atom. The van der Waals surface area contributed by atoms with E-state index in [0.717, 1.165) is 23.3 Å². The second-order valence-electron chi connectivity index (χ2n) is 7.02. The number of rotatable bonds is 6. The van der Waals surface area contributed by atoms with Crippen molar-refractivity contribution in [3.05, 3.63) is 58.6 Å². The fraction of sp³-hybridized carbons (Fsp3) is 0.190. The number of aliphatic hydroxyl groups excluding tert-OH is 1. The van der Waals surface area contributed by atoms with Gasteiger partial charge in [0.1, 0.15) is 11.6 Å². The summed E-state index contributed by atoms with van der Waals surface area (Å²) >= 11 is 6.17. The number of aromatic nitrogens is 4. The maximum atomic E-state index is 14.0. The zero-order valence-corrected chi connectivity index (χ0v) is 17.3. The SMILES string of the molecule is Cc1ccc(Cl)cc1-c1[nH]nc2nc(Oc3ccc(F)cc3F)nc(NCC(C)O)c12. The highest BCUT2D eigenvalue weighted by atomic mass is 35.5. The number of halogens is 3. The summed E-state index contributed by atoms with van der Waals surface area (Å²) in [6.07, 6.45) is -0.660. The van der Waals surface area contributed by atoms with Crippen LogP contribution < -0.4 is 10.1 Å². The van der Waals surface area contributed by atoms with Crippen LogP contribution in [-0.2, 0) is 0 Å². The fourth-order valence-corrected chi connectivity index (χ4v) is 3.21. The third-order valence-corrected chi connectivity index (χ3v) is 4.76. The minimum absolute atomic E-state index is 0.188. The molecule has 31 heavy (non-hydrogen) atoms. The van der Waals surface area contributed by atoms with E-state index in [9.17, 15) is 13.9 Å². The van der Waals surface area contributed by atoms with Crippen LogP contribution in [0.2, 0.25) is 5.02 Å². The number of hydrogen-bond donors (Lipinski definition) is 3. The quantitative estimate of drug-likeness (QED) is 0.393. The average Bonchev–Trinajstić information content (AvgIpc) is 3.14. The molecule has 2 aromatic heterocycles. The summed E-state index contributed by atoms with van der Waals surface area (Å²) in [4.78, 5) is 8.58. The maximum absolute atomic E-state index is 14.0. The van der Waals surface area contributed by atoms with Crippen LogP contribution in [0.5, 0.6) is 11.8 Å². The summed E-state index contributed by atoms with van der Waals surface area (Å²) in [5, 5.41) is 21.0. The number of aryl methyl sites for hydroxylation is 1. The molecule has 160 valence electrons. The van der Waals surface area contributed by atoms with Gasteiger partial charge in [0.05, 0.1) is 17.2 Å². The Morgan fingerprint density at radius 2 is 2.00 bits per heavy atom. The lowest BCUT2D eigenvalue weighted by Crippen LogP contribution is -2.16. The summed E-state index contributed by atoms with van der Waals surface area (Å²) in [5.41, 5.74) is 2.64. The number of nitrogens with one attached hydrogen (secondary N) is 2. The molecule has 2 aromatic carbocycles. The molecule has 0 aliphatic rings. The Kier molecular flexibility index (Phi) is 5.71. The number of ether oxygens (including phenoxy) is 1. The molecule has 3 N–H and O–H groups in total. The number of aromatic amines is 1. The molecule has 10 heteroatoms. The van der Waals surface area contributed by atoms with E-state index in [1.807, 2.05) is 13.0 Å². The second-order valence-corrected chi connectivity index (χ2v) is 7.45. The lowest BCUT2D eigenvalue weighted by molar-refractivity contribution is 0.208. The van der Waals surface area contributed by atoms with Crippen LogP contribution in [0.3, 0.4) is 0 Å². The topological polar surface area (TPSA) is 96.0 Å². The Bertz CT molecular complexity index is 1260. The van der Waals surface area contributed by atoms with Crippen molar-refractivity contribution in [3.63, 3.8) is 0 Å². The standard InChI is InChI=1S/C21H18ClF2N5O2/c1-10-3-4-12(22)7-14(10)18-17-19(25-9-11(2)30)26-21(27-20(17)29-28-18)31-16-6-5-13(23)8-15(16)24/h3-8,11,30H,9H2,1-2H3,(H2,25,26,27,28,29). The first-order valence-electron chi connectivity index (χ1n) is 9.39. The van der Waals surface area contributed by atoms with Gasteiger partial charge in [-0.1, -0.05) is 17.7 Å². The van der Waals surface area contributed by atoms with E-state index in [0.29, 0.717) is 28.0 Å². The van der Waals surface area contributed by atoms with Crippen LogP contribution in [0.15, 0.2) is 36.4 Å². The predicted molar refractivity (Wildman–Crippen MR) is 113 cm³/mol. The molecule has 0 bridgehead atoms. The van der Waals surface area contributed by atoms with Gasteiger partial charge < -0.3 is 15.2 Å². The molecule has 0 spiro atoms. The van der Waals surface area contributed by atoms with Gasteiger partial charge in [-0.2, -0.15) is 15.1 Å². The van der Waals surface area contributed by atoms with Crippen LogP contribution in [-0.4, -0.2) is 37.9 Å². The molecular formula is C21H18ClF2N5O2. The number of benzene rings is 2. The normalized spacial score (nSPS) is 12.2. The molecule has 0 aliphatic carbocycles. The highest BCUT2D eigenvalue weighted by Gasteiger charge is 2.20. The highest BCUT2D eigenvalue weighted by Crippen LogP contribution is 2.35. The Balaban J connectivity index is 1.83. The molecule has 0 saturated heterocycles. The first-order chi connectivity index (χ1) is 14.8. The summed E-state index contributed by atoms with van der Waals surface area (Å²) in [5.74, 6) is -1.52. The minimum Gasteiger partial charge on any atom is -0.421 e. The molecule has 0 amide bonds. The van der Waals surface area contributed by atoms with Gasteiger partial charge in [-0.05, 0) is 43.7 Å². The van der Waals surface area contributed by atoms with Gasteiger partial charge in [0.15, 0.2) is 17.2 Å². The van der Waals surface area contributed by atoms with E-state index in [4.69, 9.17) is 16.3 Å². The Hall–Kier alpha value is -3.30. The zero-order chi connectivity index (χ0) is 22.1. The molecular weight excluding hydrogens is 428 g/mol. The molecule has 7 nitrogen and oxygen atoms in total. The molecule has 4 aromatic rings. The van der Waals surface area contributed by atoms with E-state index in [2.05, 4.69) is 25.5 Å². The summed E-state index contributed by atoms with van der Waals surface area (Å²) in [6.45, 7) is 3.74. The van der Waals surface area contributed by atoms with Crippen LogP contribution >= 0.6 is 11.6 Å². The predicted octanol–water partition coefficient (Wildman–Crippen LogP) is 4.84. The first-order valence-corrected chi connectivity index (χ1v) is 9.77. The van der Waals surface area contributed by atoms with E-state index in [1.54, 1.807) is 19.1 Å². The number of fused-ring (bicyclic) bond motifs is 1. The average molecular weight is 446 g/mol. The molecule has 0 fully saturated rings. The van der Waals surface area contributed by atoms with Crippen LogP contribution in [0.4, 0.5) is 14.6 Å². The van der Waals surface area contributed by atoms with Gasteiger partial charge in [-0.25, -0.2) is 8.78 Å². The van der Waals surface area contributed by atoms with Gasteiger partial charge in [-0.3, -0.25) is 5.10 Å². The molecule has 1 unspecified atom stereocenters. The van der Waals surface area contributed by atoms with Crippen molar-refractivity contribution < 1.29 is 18.6 Å². The van der Waals surface area contributed by atoms with E-state index in [-0.39, 0.29) is 24.0 Å². The number of anilines is 1. The number of aliphatic hydroxyl groups is 1. The Labute approximate surface area is 181 Å². The second kappa shape index (κ2) is 8.44. The third kappa shape index (κ3) is 4.42. The smallest absolute Gasteiger partial charge is 0.326 e. The lowest BCUT2D eigenvalue weighted by atomic mass is 10.0. The van der Waals surface area contributed by atoms with Crippen LogP contribution in [0, 0.1) is 18.6 Å².